The molecule has 27 heavy (non-hydrogen) atoms. The van der Waals surface area contributed by atoms with Gasteiger partial charge in [0.15, 0.2) is 0 Å². The lowest BCUT2D eigenvalue weighted by atomic mass is 10.1. The second kappa shape index (κ2) is 9.66. The van der Waals surface area contributed by atoms with E-state index in [2.05, 4.69) is 22.0 Å². The molecule has 0 radical (unpaired) electrons. The lowest BCUT2D eigenvalue weighted by molar-refractivity contribution is -0.117. The third-order valence-corrected chi connectivity index (χ3v) is 6.64. The van der Waals surface area contributed by atoms with Crippen LogP contribution in [0.5, 0.6) is 0 Å². The molecule has 6 nitrogen and oxygen atoms in total. The van der Waals surface area contributed by atoms with E-state index in [4.69, 9.17) is 4.74 Å². The van der Waals surface area contributed by atoms with Gasteiger partial charge in [0.2, 0.25) is 5.91 Å². The highest BCUT2D eigenvalue weighted by molar-refractivity contribution is 7.17. The van der Waals surface area contributed by atoms with Gasteiger partial charge in [-0.15, -0.1) is 11.3 Å². The molecule has 1 aliphatic carbocycles. The van der Waals surface area contributed by atoms with Gasteiger partial charge in [0, 0.05) is 31.1 Å². The fourth-order valence-corrected chi connectivity index (χ4v) is 5.18. The first-order valence-electron chi connectivity index (χ1n) is 10.2. The highest BCUT2D eigenvalue weighted by Crippen LogP contribution is 2.38. The predicted octanol–water partition coefficient (Wildman–Crippen LogP) is 2.77. The van der Waals surface area contributed by atoms with Crippen LogP contribution in [0.15, 0.2) is 0 Å². The smallest absolute Gasteiger partial charge is 0.341 e. The van der Waals surface area contributed by atoms with Crippen molar-refractivity contribution in [1.82, 2.24) is 9.80 Å². The first-order valence-corrected chi connectivity index (χ1v) is 11.0. The van der Waals surface area contributed by atoms with Crippen molar-refractivity contribution >= 4 is 28.2 Å². The number of carbonyl (C=O) groups excluding carboxylic acids is 2. The zero-order valence-corrected chi connectivity index (χ0v) is 17.3. The van der Waals surface area contributed by atoms with E-state index in [1.54, 1.807) is 11.3 Å². The number of piperazine rings is 1. The lowest BCUT2D eigenvalue weighted by Crippen LogP contribution is -2.48. The van der Waals surface area contributed by atoms with E-state index in [0.717, 1.165) is 64.0 Å². The van der Waals surface area contributed by atoms with Crippen LogP contribution in [0.3, 0.4) is 0 Å². The molecule has 1 aliphatic heterocycles. The van der Waals surface area contributed by atoms with E-state index in [1.807, 2.05) is 6.92 Å². The van der Waals surface area contributed by atoms with Crippen LogP contribution in [0.2, 0.25) is 0 Å². The third kappa shape index (κ3) is 5.09. The number of hydrogen-bond donors (Lipinski definition) is 1. The third-order valence-electron chi connectivity index (χ3n) is 5.43. The van der Waals surface area contributed by atoms with Crippen molar-refractivity contribution in [2.24, 2.45) is 0 Å². The quantitative estimate of drug-likeness (QED) is 0.595. The zero-order chi connectivity index (χ0) is 19.2. The van der Waals surface area contributed by atoms with Crippen LogP contribution in [0.25, 0.3) is 0 Å². The average Bonchev–Trinajstić information content (AvgIpc) is 2.83. The van der Waals surface area contributed by atoms with Gasteiger partial charge >= 0.3 is 5.97 Å². The van der Waals surface area contributed by atoms with Gasteiger partial charge in [0.25, 0.3) is 0 Å². The first kappa shape index (κ1) is 20.3. The SMILES string of the molecule is CCOC(=O)c1c(NC(=O)CN2CCN(CC)CC2)sc2c1CCCCC2. The summed E-state index contributed by atoms with van der Waals surface area (Å²) in [5.74, 6) is -0.342. The number of thiophene rings is 1. The number of anilines is 1. The van der Waals surface area contributed by atoms with Crippen molar-refractivity contribution < 1.29 is 14.3 Å². The summed E-state index contributed by atoms with van der Waals surface area (Å²) in [5.41, 5.74) is 1.70. The van der Waals surface area contributed by atoms with E-state index < -0.39 is 0 Å². The minimum atomic E-state index is -0.302. The Balaban J connectivity index is 1.70. The molecule has 2 heterocycles. The van der Waals surface area contributed by atoms with Crippen molar-refractivity contribution in [3.05, 3.63) is 16.0 Å². The second-order valence-corrected chi connectivity index (χ2v) is 8.35. The molecule has 0 atom stereocenters. The molecule has 1 fully saturated rings. The van der Waals surface area contributed by atoms with Gasteiger partial charge in [-0.25, -0.2) is 4.79 Å². The van der Waals surface area contributed by atoms with Crippen LogP contribution in [-0.2, 0) is 22.4 Å². The van der Waals surface area contributed by atoms with Gasteiger partial charge < -0.3 is 15.0 Å². The maximum absolute atomic E-state index is 12.6. The number of amides is 1. The molecular weight excluding hydrogens is 362 g/mol. The molecule has 0 unspecified atom stereocenters. The van der Waals surface area contributed by atoms with E-state index in [-0.39, 0.29) is 11.9 Å². The number of hydrogen-bond acceptors (Lipinski definition) is 6. The Morgan fingerprint density at radius 1 is 1.04 bits per heavy atom. The lowest BCUT2D eigenvalue weighted by Gasteiger charge is -2.33. The molecule has 1 saturated heterocycles. The highest BCUT2D eigenvalue weighted by Gasteiger charge is 2.27. The van der Waals surface area contributed by atoms with Crippen LogP contribution in [0.1, 0.15) is 53.9 Å². The number of esters is 1. The maximum atomic E-state index is 12.6. The van der Waals surface area contributed by atoms with Crippen molar-refractivity contribution in [3.63, 3.8) is 0 Å². The topological polar surface area (TPSA) is 61.9 Å². The normalized spacial score (nSPS) is 18.6. The summed E-state index contributed by atoms with van der Waals surface area (Å²) >= 11 is 1.56. The van der Waals surface area contributed by atoms with Gasteiger partial charge in [-0.1, -0.05) is 13.3 Å². The van der Waals surface area contributed by atoms with E-state index in [1.165, 1.54) is 11.3 Å². The standard InChI is InChI=1S/C20H31N3O3S/c1-3-22-10-12-23(13-11-22)14-17(24)21-19-18(20(25)26-4-2)15-8-6-5-7-9-16(15)27-19/h3-14H2,1-2H3,(H,21,24). The fourth-order valence-electron chi connectivity index (χ4n) is 3.88. The molecular formula is C20H31N3O3S. The largest absolute Gasteiger partial charge is 0.462 e. The molecule has 1 aromatic rings. The molecule has 0 aromatic carbocycles. The van der Waals surface area contributed by atoms with Crippen molar-refractivity contribution in [2.45, 2.75) is 46.0 Å². The summed E-state index contributed by atoms with van der Waals surface area (Å²) in [4.78, 5) is 31.0. The Labute approximate surface area is 165 Å². The van der Waals surface area contributed by atoms with Crippen LogP contribution in [0.4, 0.5) is 5.00 Å². The van der Waals surface area contributed by atoms with Crippen LogP contribution in [0, 0.1) is 0 Å². The summed E-state index contributed by atoms with van der Waals surface area (Å²) in [5, 5.41) is 3.70. The van der Waals surface area contributed by atoms with Crippen LogP contribution < -0.4 is 5.32 Å². The van der Waals surface area contributed by atoms with Crippen molar-refractivity contribution in [3.8, 4) is 0 Å². The predicted molar refractivity (Wildman–Crippen MR) is 109 cm³/mol. The number of nitrogens with one attached hydrogen (secondary N) is 1. The summed E-state index contributed by atoms with van der Waals surface area (Å²) in [6.07, 6.45) is 5.31. The molecule has 150 valence electrons. The molecule has 1 N–H and O–H groups in total. The van der Waals surface area contributed by atoms with Gasteiger partial charge in [0.05, 0.1) is 18.7 Å². The van der Waals surface area contributed by atoms with Crippen molar-refractivity contribution in [1.29, 1.82) is 0 Å². The number of aryl methyl sites for hydroxylation is 1. The Kier molecular flexibility index (Phi) is 7.26. The highest BCUT2D eigenvalue weighted by atomic mass is 32.1. The number of rotatable bonds is 6. The van der Waals surface area contributed by atoms with Crippen LogP contribution >= 0.6 is 11.3 Å². The molecule has 0 bridgehead atoms. The summed E-state index contributed by atoms with van der Waals surface area (Å²) < 4.78 is 5.29. The molecule has 2 aliphatic rings. The summed E-state index contributed by atoms with van der Waals surface area (Å²) in [6.45, 7) is 9.60. The molecule has 1 aromatic heterocycles. The van der Waals surface area contributed by atoms with Gasteiger partial charge in [-0.05, 0) is 44.7 Å². The van der Waals surface area contributed by atoms with E-state index >= 15 is 0 Å². The molecule has 7 heteroatoms. The number of nitrogens with zero attached hydrogens (tertiary/aromatic N) is 2. The number of likely N-dealkylation sites (N-methyl/N-ethyl adjacent to an activating group) is 1. The van der Waals surface area contributed by atoms with Crippen LogP contribution in [-0.4, -0.2) is 67.6 Å². The molecule has 1 amide bonds. The Hall–Kier alpha value is -1.44. The molecule has 0 saturated carbocycles. The maximum Gasteiger partial charge on any atom is 0.341 e. The fraction of sp³-hybridized carbons (Fsp3) is 0.700. The second-order valence-electron chi connectivity index (χ2n) is 7.25. The monoisotopic (exact) mass is 393 g/mol. The Morgan fingerprint density at radius 2 is 1.74 bits per heavy atom. The zero-order valence-electron chi connectivity index (χ0n) is 16.5. The Bertz CT molecular complexity index is 666. The molecule has 0 spiro atoms. The van der Waals surface area contributed by atoms with Gasteiger partial charge in [0.1, 0.15) is 5.00 Å². The summed E-state index contributed by atoms with van der Waals surface area (Å²) in [7, 11) is 0. The van der Waals surface area contributed by atoms with E-state index in [0.29, 0.717) is 23.7 Å². The first-order chi connectivity index (χ1) is 13.1. The van der Waals surface area contributed by atoms with Crippen molar-refractivity contribution in [2.75, 3.05) is 51.2 Å². The number of fused-ring (bicyclic) bond motifs is 1. The van der Waals surface area contributed by atoms with Gasteiger partial charge in [-0.2, -0.15) is 0 Å². The molecule has 3 rings (SSSR count). The Morgan fingerprint density at radius 3 is 2.44 bits per heavy atom. The van der Waals surface area contributed by atoms with E-state index in [9.17, 15) is 9.59 Å². The minimum Gasteiger partial charge on any atom is -0.462 e. The number of carbonyl (C=O) groups is 2. The summed E-state index contributed by atoms with van der Waals surface area (Å²) in [6, 6.07) is 0. The number of ether oxygens (including phenoxy) is 1. The minimum absolute atomic E-state index is 0.0399. The average molecular weight is 394 g/mol. The van der Waals surface area contributed by atoms with Gasteiger partial charge in [-0.3, -0.25) is 9.69 Å².